The quantitative estimate of drug-likeness (QED) is 0.832. The van der Waals surface area contributed by atoms with Crippen molar-refractivity contribution in [3.8, 4) is 0 Å². The van der Waals surface area contributed by atoms with Gasteiger partial charge in [-0.15, -0.1) is 11.3 Å². The molecule has 0 spiro atoms. The molecule has 2 rings (SSSR count). The minimum atomic E-state index is -0.00586. The topological polar surface area (TPSA) is 47.0 Å². The average Bonchev–Trinajstić information content (AvgIpc) is 2.89. The van der Waals surface area contributed by atoms with Gasteiger partial charge in [0.1, 0.15) is 16.8 Å². The van der Waals surface area contributed by atoms with Crippen LogP contribution in [0.1, 0.15) is 50.4 Å². The molecular weight excluding hydrogens is 270 g/mol. The van der Waals surface area contributed by atoms with Crippen LogP contribution in [-0.2, 0) is 11.2 Å². The highest BCUT2D eigenvalue weighted by Crippen LogP contribution is 2.31. The summed E-state index contributed by atoms with van der Waals surface area (Å²) in [5.41, 5.74) is 0. The molecular formula is C15H23N3OS. The van der Waals surface area contributed by atoms with E-state index in [-0.39, 0.29) is 6.10 Å². The molecule has 0 aliphatic carbocycles. The van der Waals surface area contributed by atoms with Gasteiger partial charge in [-0.1, -0.05) is 20.3 Å². The molecule has 5 heteroatoms. The average molecular weight is 293 g/mol. The first-order valence-electron chi connectivity index (χ1n) is 7.33. The fourth-order valence-corrected chi connectivity index (χ4v) is 3.22. The van der Waals surface area contributed by atoms with Gasteiger partial charge in [0.15, 0.2) is 5.82 Å². The molecule has 0 saturated carbocycles. The number of hydrogen-bond acceptors (Lipinski definition) is 5. The molecule has 0 amide bonds. The summed E-state index contributed by atoms with van der Waals surface area (Å²) < 4.78 is 5.80. The lowest BCUT2D eigenvalue weighted by Gasteiger charge is -2.15. The van der Waals surface area contributed by atoms with Crippen LogP contribution in [0.4, 0.5) is 5.82 Å². The Morgan fingerprint density at radius 2 is 2.10 bits per heavy atom. The Hall–Kier alpha value is -1.20. The molecule has 0 aliphatic rings. The van der Waals surface area contributed by atoms with E-state index < -0.39 is 0 Å². The number of rotatable bonds is 7. The maximum absolute atomic E-state index is 5.80. The lowest BCUT2D eigenvalue weighted by molar-refractivity contribution is 0.0497. The minimum absolute atomic E-state index is 0.00586. The molecule has 110 valence electrons. The van der Waals surface area contributed by atoms with Crippen LogP contribution < -0.4 is 5.32 Å². The highest BCUT2D eigenvalue weighted by molar-refractivity contribution is 7.18. The standard InChI is InChI=1S/C15H23N3OS/c1-5-8-12(19-7-3)14-17-13(16-4)11-9-10(6-2)20-15(11)18-14/h9,12H,5-8H2,1-4H3,(H,16,17,18). The molecule has 0 radical (unpaired) electrons. The summed E-state index contributed by atoms with van der Waals surface area (Å²) in [5, 5.41) is 4.30. The first-order valence-corrected chi connectivity index (χ1v) is 8.14. The summed E-state index contributed by atoms with van der Waals surface area (Å²) in [7, 11) is 1.91. The van der Waals surface area contributed by atoms with Gasteiger partial charge in [0, 0.05) is 18.5 Å². The molecule has 0 bridgehead atoms. The van der Waals surface area contributed by atoms with Crippen LogP contribution in [0.25, 0.3) is 10.2 Å². The van der Waals surface area contributed by atoms with Crippen molar-refractivity contribution in [2.24, 2.45) is 0 Å². The van der Waals surface area contributed by atoms with Gasteiger partial charge in [0.2, 0.25) is 0 Å². The van der Waals surface area contributed by atoms with E-state index in [0.29, 0.717) is 6.61 Å². The smallest absolute Gasteiger partial charge is 0.161 e. The molecule has 0 aromatic carbocycles. The number of fused-ring (bicyclic) bond motifs is 1. The Kier molecular flexibility index (Phi) is 5.31. The number of aryl methyl sites for hydroxylation is 1. The van der Waals surface area contributed by atoms with E-state index in [2.05, 4.69) is 30.2 Å². The molecule has 4 nitrogen and oxygen atoms in total. The van der Waals surface area contributed by atoms with E-state index in [9.17, 15) is 0 Å². The summed E-state index contributed by atoms with van der Waals surface area (Å²) in [6, 6.07) is 2.19. The number of aromatic nitrogens is 2. The maximum Gasteiger partial charge on any atom is 0.161 e. The second-order valence-corrected chi connectivity index (χ2v) is 5.81. The molecule has 0 fully saturated rings. The van der Waals surface area contributed by atoms with Crippen molar-refractivity contribution in [3.05, 3.63) is 16.8 Å². The van der Waals surface area contributed by atoms with Gasteiger partial charge in [-0.2, -0.15) is 0 Å². The van der Waals surface area contributed by atoms with Crippen LogP contribution >= 0.6 is 11.3 Å². The summed E-state index contributed by atoms with van der Waals surface area (Å²) in [6.45, 7) is 7.02. The normalized spacial score (nSPS) is 12.8. The maximum atomic E-state index is 5.80. The number of nitrogens with zero attached hydrogens (tertiary/aromatic N) is 2. The predicted molar refractivity (Wildman–Crippen MR) is 85.6 cm³/mol. The van der Waals surface area contributed by atoms with Crippen molar-refractivity contribution >= 4 is 27.4 Å². The van der Waals surface area contributed by atoms with Crippen molar-refractivity contribution in [1.29, 1.82) is 0 Å². The fourth-order valence-electron chi connectivity index (χ4n) is 2.25. The predicted octanol–water partition coefficient (Wildman–Crippen LogP) is 4.17. The van der Waals surface area contributed by atoms with E-state index in [1.165, 1.54) is 4.88 Å². The molecule has 2 aromatic heterocycles. The third kappa shape index (κ3) is 3.10. The third-order valence-electron chi connectivity index (χ3n) is 3.25. The number of anilines is 1. The fraction of sp³-hybridized carbons (Fsp3) is 0.600. The number of hydrogen-bond donors (Lipinski definition) is 1. The van der Waals surface area contributed by atoms with Crippen LogP contribution in [0.3, 0.4) is 0 Å². The highest BCUT2D eigenvalue weighted by atomic mass is 32.1. The van der Waals surface area contributed by atoms with Crippen molar-refractivity contribution in [1.82, 2.24) is 9.97 Å². The SMILES string of the molecule is CCCC(OCC)c1nc(NC)c2cc(CC)sc2n1. The zero-order valence-electron chi connectivity index (χ0n) is 12.7. The van der Waals surface area contributed by atoms with Gasteiger partial charge in [-0.05, 0) is 25.8 Å². The van der Waals surface area contributed by atoms with E-state index >= 15 is 0 Å². The van der Waals surface area contributed by atoms with Gasteiger partial charge < -0.3 is 10.1 Å². The second kappa shape index (κ2) is 6.99. The van der Waals surface area contributed by atoms with Crippen molar-refractivity contribution in [2.45, 2.75) is 46.1 Å². The van der Waals surface area contributed by atoms with Gasteiger partial charge >= 0.3 is 0 Å². The minimum Gasteiger partial charge on any atom is -0.372 e. The molecule has 1 atom stereocenters. The van der Waals surface area contributed by atoms with Crippen LogP contribution in [0.15, 0.2) is 6.07 Å². The van der Waals surface area contributed by atoms with Gasteiger partial charge in [0.05, 0.1) is 5.39 Å². The summed E-state index contributed by atoms with van der Waals surface area (Å²) >= 11 is 1.75. The summed E-state index contributed by atoms with van der Waals surface area (Å²) in [5.74, 6) is 1.71. The number of nitrogens with one attached hydrogen (secondary N) is 1. The van der Waals surface area contributed by atoms with Crippen molar-refractivity contribution < 1.29 is 4.74 Å². The second-order valence-electron chi connectivity index (χ2n) is 4.70. The molecule has 20 heavy (non-hydrogen) atoms. The Morgan fingerprint density at radius 1 is 1.30 bits per heavy atom. The van der Waals surface area contributed by atoms with E-state index in [1.54, 1.807) is 11.3 Å². The van der Waals surface area contributed by atoms with Crippen molar-refractivity contribution in [2.75, 3.05) is 19.0 Å². The zero-order chi connectivity index (χ0) is 14.5. The van der Waals surface area contributed by atoms with Crippen molar-refractivity contribution in [3.63, 3.8) is 0 Å². The molecule has 0 aliphatic heterocycles. The Bertz CT molecular complexity index is 561. The molecule has 2 heterocycles. The Morgan fingerprint density at radius 3 is 2.70 bits per heavy atom. The van der Waals surface area contributed by atoms with Crippen LogP contribution in [0.2, 0.25) is 0 Å². The zero-order valence-corrected chi connectivity index (χ0v) is 13.5. The van der Waals surface area contributed by atoms with E-state index in [0.717, 1.165) is 41.1 Å². The van der Waals surface area contributed by atoms with Crippen LogP contribution in [0.5, 0.6) is 0 Å². The van der Waals surface area contributed by atoms with Gasteiger partial charge in [-0.3, -0.25) is 0 Å². The Balaban J connectivity index is 2.47. The Labute approximate surface area is 124 Å². The summed E-state index contributed by atoms with van der Waals surface area (Å²) in [4.78, 5) is 11.8. The van der Waals surface area contributed by atoms with Crippen LogP contribution in [0, 0.1) is 0 Å². The first kappa shape index (κ1) is 15.2. The van der Waals surface area contributed by atoms with Gasteiger partial charge in [0.25, 0.3) is 0 Å². The largest absolute Gasteiger partial charge is 0.372 e. The number of ether oxygens (including phenoxy) is 1. The molecule has 0 saturated heterocycles. The summed E-state index contributed by atoms with van der Waals surface area (Å²) in [6.07, 6.45) is 3.04. The molecule has 2 aromatic rings. The molecule has 1 unspecified atom stereocenters. The lowest BCUT2D eigenvalue weighted by atomic mass is 10.2. The van der Waals surface area contributed by atoms with E-state index in [1.807, 2.05) is 14.0 Å². The highest BCUT2D eigenvalue weighted by Gasteiger charge is 2.18. The number of thiophene rings is 1. The van der Waals surface area contributed by atoms with Gasteiger partial charge in [-0.25, -0.2) is 9.97 Å². The monoisotopic (exact) mass is 293 g/mol. The van der Waals surface area contributed by atoms with E-state index in [4.69, 9.17) is 9.72 Å². The first-order chi connectivity index (χ1) is 9.73. The van der Waals surface area contributed by atoms with Crippen LogP contribution in [-0.4, -0.2) is 23.6 Å². The third-order valence-corrected chi connectivity index (χ3v) is 4.43. The lowest BCUT2D eigenvalue weighted by Crippen LogP contribution is -2.10. The molecule has 1 N–H and O–H groups in total.